The lowest BCUT2D eigenvalue weighted by Gasteiger charge is -2.46. The van der Waals surface area contributed by atoms with Gasteiger partial charge in [0, 0.05) is 12.6 Å². The molecule has 2 fully saturated rings. The van der Waals surface area contributed by atoms with Gasteiger partial charge >= 0.3 is 0 Å². The lowest BCUT2D eigenvalue weighted by Crippen LogP contribution is -2.55. The van der Waals surface area contributed by atoms with Crippen molar-refractivity contribution >= 4 is 10.0 Å². The van der Waals surface area contributed by atoms with Gasteiger partial charge in [-0.3, -0.25) is 4.90 Å². The Hall–Kier alpha value is -1.73. The maximum absolute atomic E-state index is 14.1. The van der Waals surface area contributed by atoms with Crippen LogP contribution in [0.15, 0.2) is 60.7 Å². The lowest BCUT2D eigenvalue weighted by molar-refractivity contribution is 0.0923. The van der Waals surface area contributed by atoms with Gasteiger partial charge in [0.15, 0.2) is 0 Å². The second-order valence-electron chi connectivity index (χ2n) is 9.78. The van der Waals surface area contributed by atoms with E-state index in [4.69, 9.17) is 0 Å². The first-order valence-corrected chi connectivity index (χ1v) is 14.1. The third-order valence-electron chi connectivity index (χ3n) is 7.77. The van der Waals surface area contributed by atoms with E-state index in [1.165, 1.54) is 19.3 Å². The number of rotatable bonds is 9. The van der Waals surface area contributed by atoms with Crippen LogP contribution >= 0.6 is 0 Å². The quantitative estimate of drug-likeness (QED) is 0.576. The Labute approximate surface area is 200 Å². The molecule has 2 aromatic rings. The van der Waals surface area contributed by atoms with Gasteiger partial charge in [-0.05, 0) is 56.9 Å². The first kappa shape index (κ1) is 24.4. The van der Waals surface area contributed by atoms with Crippen molar-refractivity contribution < 1.29 is 8.42 Å². The van der Waals surface area contributed by atoms with Gasteiger partial charge in [-0.15, -0.1) is 0 Å². The fourth-order valence-corrected chi connectivity index (χ4v) is 7.94. The normalized spacial score (nSPS) is 21.2. The SMILES string of the molecule is CNC(c1ccccc1)C(c1ccccc1)N(C)S(=O)(=O)CC1(N2CCCC2)CCCCC1. The van der Waals surface area contributed by atoms with Gasteiger partial charge in [-0.2, -0.15) is 4.31 Å². The Balaban J connectivity index is 1.69. The molecule has 5 nitrogen and oxygen atoms in total. The molecule has 1 saturated carbocycles. The molecule has 4 rings (SSSR count). The maximum Gasteiger partial charge on any atom is 0.216 e. The largest absolute Gasteiger partial charge is 0.311 e. The molecule has 1 saturated heterocycles. The van der Waals surface area contributed by atoms with Crippen LogP contribution in [-0.2, 0) is 10.0 Å². The first-order chi connectivity index (χ1) is 16.0. The molecule has 6 heteroatoms. The zero-order valence-electron chi connectivity index (χ0n) is 20.1. The van der Waals surface area contributed by atoms with Crippen molar-refractivity contribution in [1.82, 2.24) is 14.5 Å². The molecule has 0 spiro atoms. The number of hydrogen-bond donors (Lipinski definition) is 1. The average molecular weight is 470 g/mol. The lowest BCUT2D eigenvalue weighted by atomic mass is 9.82. The van der Waals surface area contributed by atoms with Gasteiger partial charge < -0.3 is 5.32 Å². The van der Waals surface area contributed by atoms with E-state index in [9.17, 15) is 8.42 Å². The zero-order chi connectivity index (χ0) is 23.3. The van der Waals surface area contributed by atoms with Crippen LogP contribution in [0.1, 0.15) is 68.2 Å². The molecule has 180 valence electrons. The van der Waals surface area contributed by atoms with E-state index < -0.39 is 10.0 Å². The number of nitrogens with zero attached hydrogens (tertiary/aromatic N) is 2. The number of benzene rings is 2. The number of nitrogens with one attached hydrogen (secondary N) is 1. The minimum absolute atomic E-state index is 0.150. The zero-order valence-corrected chi connectivity index (χ0v) is 20.9. The number of sulfonamides is 1. The highest BCUT2D eigenvalue weighted by molar-refractivity contribution is 7.89. The Kier molecular flexibility index (Phi) is 7.90. The van der Waals surface area contributed by atoms with E-state index in [0.29, 0.717) is 0 Å². The van der Waals surface area contributed by atoms with E-state index in [-0.39, 0.29) is 23.4 Å². The molecule has 2 unspecified atom stereocenters. The van der Waals surface area contributed by atoms with E-state index in [0.717, 1.165) is 49.9 Å². The molecule has 1 N–H and O–H groups in total. The summed E-state index contributed by atoms with van der Waals surface area (Å²) in [6.45, 7) is 2.06. The van der Waals surface area contributed by atoms with Gasteiger partial charge in [0.2, 0.25) is 10.0 Å². The minimum Gasteiger partial charge on any atom is -0.311 e. The van der Waals surface area contributed by atoms with Gasteiger partial charge in [0.25, 0.3) is 0 Å². The summed E-state index contributed by atoms with van der Waals surface area (Å²) < 4.78 is 29.9. The number of likely N-dealkylation sites (N-methyl/N-ethyl adjacent to an activating group) is 2. The van der Waals surface area contributed by atoms with Crippen molar-refractivity contribution in [2.24, 2.45) is 0 Å². The molecule has 1 aliphatic heterocycles. The van der Waals surface area contributed by atoms with Gasteiger partial charge in [0.05, 0.1) is 17.8 Å². The van der Waals surface area contributed by atoms with E-state index in [2.05, 4.69) is 22.3 Å². The summed E-state index contributed by atoms with van der Waals surface area (Å²) >= 11 is 0. The summed E-state index contributed by atoms with van der Waals surface area (Å²) in [4.78, 5) is 2.50. The van der Waals surface area contributed by atoms with Crippen molar-refractivity contribution in [2.45, 2.75) is 62.6 Å². The molecule has 2 aromatic carbocycles. The van der Waals surface area contributed by atoms with Gasteiger partial charge in [-0.25, -0.2) is 8.42 Å². The fraction of sp³-hybridized carbons (Fsp3) is 0.556. The molecule has 0 aromatic heterocycles. The molecule has 2 aliphatic rings. The maximum atomic E-state index is 14.1. The number of hydrogen-bond acceptors (Lipinski definition) is 4. The van der Waals surface area contributed by atoms with Crippen molar-refractivity contribution in [1.29, 1.82) is 0 Å². The Morgan fingerprint density at radius 1 is 0.879 bits per heavy atom. The van der Waals surface area contributed by atoms with Crippen LogP contribution in [0.2, 0.25) is 0 Å². The van der Waals surface area contributed by atoms with Crippen LogP contribution in [0, 0.1) is 0 Å². The van der Waals surface area contributed by atoms with E-state index >= 15 is 0 Å². The fourth-order valence-electron chi connectivity index (χ4n) is 6.00. The van der Waals surface area contributed by atoms with Crippen LogP contribution in [0.5, 0.6) is 0 Å². The van der Waals surface area contributed by atoms with E-state index in [1.54, 1.807) is 11.4 Å². The monoisotopic (exact) mass is 469 g/mol. The molecule has 1 heterocycles. The summed E-state index contributed by atoms with van der Waals surface area (Å²) in [6, 6.07) is 19.7. The first-order valence-electron chi connectivity index (χ1n) is 12.4. The standard InChI is InChI=1S/C27H39N3O2S/c1-28-25(23-14-6-3-7-15-23)26(24-16-8-4-9-17-24)29(2)33(31,32)22-27(18-10-5-11-19-27)30-20-12-13-21-30/h3-4,6-9,14-17,25-26,28H,5,10-13,18-22H2,1-2H3. The van der Waals surface area contributed by atoms with Gasteiger partial charge in [-0.1, -0.05) is 79.9 Å². The summed E-state index contributed by atoms with van der Waals surface area (Å²) in [7, 11) is 0.182. The Morgan fingerprint density at radius 3 is 1.97 bits per heavy atom. The summed E-state index contributed by atoms with van der Waals surface area (Å²) in [5, 5.41) is 3.42. The van der Waals surface area contributed by atoms with Crippen molar-refractivity contribution in [3.8, 4) is 0 Å². The smallest absolute Gasteiger partial charge is 0.216 e. The third kappa shape index (κ3) is 5.35. The molecule has 0 radical (unpaired) electrons. The second-order valence-corrected chi connectivity index (χ2v) is 11.8. The average Bonchev–Trinajstić information content (AvgIpc) is 3.39. The van der Waals surface area contributed by atoms with Gasteiger partial charge in [0.1, 0.15) is 0 Å². The summed E-state index contributed by atoms with van der Waals surface area (Å²) in [6.07, 6.45) is 7.81. The van der Waals surface area contributed by atoms with Crippen LogP contribution in [0.4, 0.5) is 0 Å². The Bertz CT molecular complexity index is 969. The molecule has 0 bridgehead atoms. The topological polar surface area (TPSA) is 52.7 Å². The van der Waals surface area contributed by atoms with Crippen LogP contribution in [-0.4, -0.2) is 56.1 Å². The van der Waals surface area contributed by atoms with Crippen molar-refractivity contribution in [3.05, 3.63) is 71.8 Å². The van der Waals surface area contributed by atoms with Crippen LogP contribution in [0.25, 0.3) is 0 Å². The summed E-state index contributed by atoms with van der Waals surface area (Å²) in [5.74, 6) is 0.213. The molecule has 0 amide bonds. The van der Waals surface area contributed by atoms with Crippen molar-refractivity contribution in [2.75, 3.05) is 32.9 Å². The molecular weight excluding hydrogens is 430 g/mol. The number of likely N-dealkylation sites (tertiary alicyclic amines) is 1. The highest BCUT2D eigenvalue weighted by atomic mass is 32.2. The van der Waals surface area contributed by atoms with Crippen LogP contribution in [0.3, 0.4) is 0 Å². The molecular formula is C27H39N3O2S. The summed E-state index contributed by atoms with van der Waals surface area (Å²) in [5.41, 5.74) is 1.87. The highest BCUT2D eigenvalue weighted by Crippen LogP contribution is 2.40. The minimum atomic E-state index is -3.51. The molecule has 33 heavy (non-hydrogen) atoms. The van der Waals surface area contributed by atoms with Crippen LogP contribution < -0.4 is 5.32 Å². The Morgan fingerprint density at radius 2 is 1.42 bits per heavy atom. The van der Waals surface area contributed by atoms with Crippen molar-refractivity contribution in [3.63, 3.8) is 0 Å². The highest BCUT2D eigenvalue weighted by Gasteiger charge is 2.45. The third-order valence-corrected chi connectivity index (χ3v) is 9.78. The predicted molar refractivity (Wildman–Crippen MR) is 136 cm³/mol. The second kappa shape index (κ2) is 10.7. The predicted octanol–water partition coefficient (Wildman–Crippen LogP) is 4.75. The molecule has 1 aliphatic carbocycles. The molecule has 2 atom stereocenters. The van der Waals surface area contributed by atoms with E-state index in [1.807, 2.05) is 55.6 Å².